The summed E-state index contributed by atoms with van der Waals surface area (Å²) < 4.78 is 18.8. The molecular formula is C25H27FN4O2. The fourth-order valence-corrected chi connectivity index (χ4v) is 4.67. The molecule has 5 rings (SSSR count). The lowest BCUT2D eigenvalue weighted by Crippen LogP contribution is -2.56. The Hall–Kier alpha value is -3.06. The smallest absolute Gasteiger partial charge is 0.241 e. The Morgan fingerprint density at radius 2 is 1.72 bits per heavy atom. The minimum absolute atomic E-state index is 0.175. The Bertz CT molecular complexity index is 1080. The highest BCUT2D eigenvalue weighted by molar-refractivity contribution is 5.89. The van der Waals surface area contributed by atoms with Gasteiger partial charge in [0.1, 0.15) is 5.82 Å². The first-order valence-electron chi connectivity index (χ1n) is 11.2. The third-order valence-electron chi connectivity index (χ3n) is 6.81. The molecule has 2 heterocycles. The second-order valence-electron chi connectivity index (χ2n) is 8.89. The van der Waals surface area contributed by atoms with Crippen LogP contribution in [0, 0.1) is 12.7 Å². The molecule has 0 unspecified atom stereocenters. The third kappa shape index (κ3) is 3.93. The lowest BCUT2D eigenvalue weighted by Gasteiger charge is -2.46. The number of nitrogens with zero attached hydrogens (tertiary/aromatic N) is 4. The molecule has 0 bridgehead atoms. The van der Waals surface area contributed by atoms with Gasteiger partial charge >= 0.3 is 0 Å². The zero-order valence-electron chi connectivity index (χ0n) is 18.3. The highest BCUT2D eigenvalue weighted by Gasteiger charge is 2.48. The van der Waals surface area contributed by atoms with Crippen LogP contribution in [0.25, 0.3) is 11.4 Å². The molecule has 166 valence electrons. The molecule has 32 heavy (non-hydrogen) atoms. The molecule has 1 aliphatic carbocycles. The SMILES string of the molecule is Cc1ccc(-c2noc(CN3CCN(C(=O)C4(c5ccc(F)cc5)CCC4)CC3)n2)cc1. The first-order valence-corrected chi connectivity index (χ1v) is 11.2. The van der Waals surface area contributed by atoms with Crippen molar-refractivity contribution in [1.82, 2.24) is 19.9 Å². The second kappa shape index (κ2) is 8.47. The summed E-state index contributed by atoms with van der Waals surface area (Å²) >= 11 is 0. The molecule has 1 aliphatic heterocycles. The van der Waals surface area contributed by atoms with Gasteiger partial charge in [0.2, 0.25) is 17.6 Å². The minimum atomic E-state index is -0.481. The van der Waals surface area contributed by atoms with Crippen molar-refractivity contribution in [2.45, 2.75) is 38.1 Å². The zero-order chi connectivity index (χ0) is 22.1. The predicted molar refractivity (Wildman–Crippen MR) is 118 cm³/mol. The zero-order valence-corrected chi connectivity index (χ0v) is 18.3. The number of rotatable bonds is 5. The molecular weight excluding hydrogens is 407 g/mol. The van der Waals surface area contributed by atoms with E-state index in [1.54, 1.807) is 12.1 Å². The van der Waals surface area contributed by atoms with Gasteiger partial charge in [-0.3, -0.25) is 9.69 Å². The Morgan fingerprint density at radius 1 is 1.03 bits per heavy atom. The highest BCUT2D eigenvalue weighted by atomic mass is 19.1. The molecule has 7 heteroatoms. The molecule has 0 spiro atoms. The maximum atomic E-state index is 13.4. The second-order valence-corrected chi connectivity index (χ2v) is 8.89. The van der Waals surface area contributed by atoms with Crippen LogP contribution in [0.2, 0.25) is 0 Å². The molecule has 0 radical (unpaired) electrons. The standard InChI is InChI=1S/C25H27FN4O2/c1-18-3-5-19(6-4-18)23-27-22(32-28-23)17-29-13-15-30(16-14-29)24(31)25(11-2-12-25)20-7-9-21(26)10-8-20/h3-10H,2,11-17H2,1H3. The van der Waals surface area contributed by atoms with Crippen LogP contribution < -0.4 is 0 Å². The third-order valence-corrected chi connectivity index (χ3v) is 6.81. The van der Waals surface area contributed by atoms with Gasteiger partial charge < -0.3 is 9.42 Å². The molecule has 1 aromatic heterocycles. The van der Waals surface area contributed by atoms with Crippen molar-refractivity contribution in [3.8, 4) is 11.4 Å². The van der Waals surface area contributed by atoms with Crippen molar-refractivity contribution in [2.75, 3.05) is 26.2 Å². The van der Waals surface area contributed by atoms with E-state index in [1.807, 2.05) is 36.1 Å². The van der Waals surface area contributed by atoms with E-state index in [2.05, 4.69) is 15.0 Å². The summed E-state index contributed by atoms with van der Waals surface area (Å²) in [5, 5.41) is 4.11. The van der Waals surface area contributed by atoms with Gasteiger partial charge in [-0.2, -0.15) is 4.98 Å². The summed E-state index contributed by atoms with van der Waals surface area (Å²) in [7, 11) is 0. The number of aryl methyl sites for hydroxylation is 1. The average molecular weight is 435 g/mol. The number of carbonyl (C=O) groups is 1. The monoisotopic (exact) mass is 434 g/mol. The van der Waals surface area contributed by atoms with Gasteiger partial charge in [0, 0.05) is 31.7 Å². The maximum absolute atomic E-state index is 13.4. The summed E-state index contributed by atoms with van der Waals surface area (Å²) in [6, 6.07) is 14.5. The Morgan fingerprint density at radius 3 is 2.34 bits per heavy atom. The maximum Gasteiger partial charge on any atom is 0.241 e. The molecule has 2 aliphatic rings. The number of benzene rings is 2. The van der Waals surface area contributed by atoms with E-state index >= 15 is 0 Å². The van der Waals surface area contributed by atoms with Crippen LogP contribution in [0.4, 0.5) is 4.39 Å². The number of hydrogen-bond donors (Lipinski definition) is 0. The summed E-state index contributed by atoms with van der Waals surface area (Å²) in [6.45, 7) is 5.47. The largest absolute Gasteiger partial charge is 0.339 e. The molecule has 6 nitrogen and oxygen atoms in total. The molecule has 2 fully saturated rings. The lowest BCUT2D eigenvalue weighted by atomic mass is 9.63. The topological polar surface area (TPSA) is 62.5 Å². The van der Waals surface area contributed by atoms with E-state index in [0.29, 0.717) is 31.3 Å². The van der Waals surface area contributed by atoms with Gasteiger partial charge in [-0.15, -0.1) is 0 Å². The van der Waals surface area contributed by atoms with E-state index in [4.69, 9.17) is 4.52 Å². The van der Waals surface area contributed by atoms with E-state index < -0.39 is 5.41 Å². The van der Waals surface area contributed by atoms with Crippen LogP contribution in [-0.2, 0) is 16.8 Å². The number of aromatic nitrogens is 2. The molecule has 1 amide bonds. The van der Waals surface area contributed by atoms with E-state index in [9.17, 15) is 9.18 Å². The Kier molecular flexibility index (Phi) is 5.51. The lowest BCUT2D eigenvalue weighted by molar-refractivity contribution is -0.142. The van der Waals surface area contributed by atoms with Crippen molar-refractivity contribution >= 4 is 5.91 Å². The summed E-state index contributed by atoms with van der Waals surface area (Å²) in [4.78, 5) is 22.1. The Labute approximate surface area is 187 Å². The quantitative estimate of drug-likeness (QED) is 0.609. The molecule has 2 aromatic carbocycles. The summed E-state index contributed by atoms with van der Waals surface area (Å²) in [5.41, 5.74) is 2.58. The van der Waals surface area contributed by atoms with Gasteiger partial charge in [-0.1, -0.05) is 53.5 Å². The van der Waals surface area contributed by atoms with Crippen LogP contribution in [0.5, 0.6) is 0 Å². The van der Waals surface area contributed by atoms with Crippen molar-refractivity contribution in [1.29, 1.82) is 0 Å². The fourth-order valence-electron chi connectivity index (χ4n) is 4.67. The Balaban J connectivity index is 1.20. The minimum Gasteiger partial charge on any atom is -0.339 e. The van der Waals surface area contributed by atoms with Gasteiger partial charge in [0.25, 0.3) is 0 Å². The van der Waals surface area contributed by atoms with Gasteiger partial charge in [-0.05, 0) is 37.5 Å². The van der Waals surface area contributed by atoms with E-state index in [0.717, 1.165) is 43.5 Å². The van der Waals surface area contributed by atoms with E-state index in [1.165, 1.54) is 17.7 Å². The molecule has 1 saturated heterocycles. The number of amides is 1. The van der Waals surface area contributed by atoms with Crippen LogP contribution >= 0.6 is 0 Å². The number of piperazine rings is 1. The number of carbonyl (C=O) groups excluding carboxylic acids is 1. The normalized spacial score (nSPS) is 18.4. The highest BCUT2D eigenvalue weighted by Crippen LogP contribution is 2.45. The number of hydrogen-bond acceptors (Lipinski definition) is 5. The van der Waals surface area contributed by atoms with Gasteiger partial charge in [0.15, 0.2) is 0 Å². The first kappa shape index (κ1) is 20.8. The molecule has 3 aromatic rings. The van der Waals surface area contributed by atoms with Crippen molar-refractivity contribution in [2.24, 2.45) is 0 Å². The molecule has 1 saturated carbocycles. The van der Waals surface area contributed by atoms with Crippen molar-refractivity contribution in [3.05, 3.63) is 71.4 Å². The van der Waals surface area contributed by atoms with Crippen LogP contribution in [-0.4, -0.2) is 52.0 Å². The predicted octanol–water partition coefficient (Wildman–Crippen LogP) is 3.95. The average Bonchev–Trinajstić information content (AvgIpc) is 3.24. The summed E-state index contributed by atoms with van der Waals surface area (Å²) in [5.74, 6) is 1.09. The van der Waals surface area contributed by atoms with Crippen LogP contribution in [0.3, 0.4) is 0 Å². The summed E-state index contributed by atoms with van der Waals surface area (Å²) in [6.07, 6.45) is 2.70. The van der Waals surface area contributed by atoms with Crippen molar-refractivity contribution in [3.63, 3.8) is 0 Å². The fraction of sp³-hybridized carbons (Fsp3) is 0.400. The van der Waals surface area contributed by atoms with Crippen molar-refractivity contribution < 1.29 is 13.7 Å². The van der Waals surface area contributed by atoms with Crippen LogP contribution in [0.1, 0.15) is 36.3 Å². The molecule has 0 N–H and O–H groups in total. The molecule has 0 atom stereocenters. The van der Waals surface area contributed by atoms with Crippen LogP contribution in [0.15, 0.2) is 53.1 Å². The number of halogens is 1. The van der Waals surface area contributed by atoms with Gasteiger partial charge in [0.05, 0.1) is 12.0 Å². The van der Waals surface area contributed by atoms with E-state index in [-0.39, 0.29) is 11.7 Å². The first-order chi connectivity index (χ1) is 15.5. The van der Waals surface area contributed by atoms with Gasteiger partial charge in [-0.25, -0.2) is 4.39 Å².